The molecule has 0 aromatic heterocycles. The third-order valence-electron chi connectivity index (χ3n) is 6.30. The summed E-state index contributed by atoms with van der Waals surface area (Å²) in [6.07, 6.45) is -0.401. The van der Waals surface area contributed by atoms with Gasteiger partial charge in [0.15, 0.2) is 0 Å². The fourth-order valence-electron chi connectivity index (χ4n) is 4.75. The highest BCUT2D eigenvalue weighted by molar-refractivity contribution is 5.79. The zero-order chi connectivity index (χ0) is 21.6. The molecular weight excluding hydrogens is 390 g/mol. The second kappa shape index (κ2) is 7.43. The number of nitrogens with zero attached hydrogens (tertiary/aromatic N) is 1. The van der Waals surface area contributed by atoms with Crippen LogP contribution in [0.2, 0.25) is 0 Å². The molecule has 1 aliphatic carbocycles. The van der Waals surface area contributed by atoms with Gasteiger partial charge in [-0.05, 0) is 53.8 Å². The SMILES string of the molecule is CC1(C)OC[C@@H](c2ccc(O)cc2)N1C(=O)OCC1c2ccccc2-c2ccccc21. The number of carbonyl (C=O) groups excluding carboxylic acids is 1. The summed E-state index contributed by atoms with van der Waals surface area (Å²) in [7, 11) is 0. The van der Waals surface area contributed by atoms with Gasteiger partial charge in [-0.1, -0.05) is 60.7 Å². The van der Waals surface area contributed by atoms with Crippen LogP contribution in [0.3, 0.4) is 0 Å². The molecule has 5 nitrogen and oxygen atoms in total. The number of hydrogen-bond acceptors (Lipinski definition) is 4. The molecule has 0 saturated carbocycles. The molecule has 1 saturated heterocycles. The van der Waals surface area contributed by atoms with Crippen molar-refractivity contribution in [3.63, 3.8) is 0 Å². The van der Waals surface area contributed by atoms with Gasteiger partial charge in [0.2, 0.25) is 0 Å². The van der Waals surface area contributed by atoms with Crippen molar-refractivity contribution in [2.45, 2.75) is 31.5 Å². The van der Waals surface area contributed by atoms with Gasteiger partial charge in [0.05, 0.1) is 12.6 Å². The monoisotopic (exact) mass is 415 g/mol. The summed E-state index contributed by atoms with van der Waals surface area (Å²) in [5.74, 6) is 0.199. The van der Waals surface area contributed by atoms with E-state index in [9.17, 15) is 9.90 Å². The van der Waals surface area contributed by atoms with Crippen LogP contribution in [0, 0.1) is 0 Å². The van der Waals surface area contributed by atoms with E-state index in [-0.39, 0.29) is 24.3 Å². The van der Waals surface area contributed by atoms with Crippen LogP contribution in [-0.4, -0.2) is 35.0 Å². The van der Waals surface area contributed by atoms with Gasteiger partial charge in [-0.15, -0.1) is 0 Å². The van der Waals surface area contributed by atoms with Crippen molar-refractivity contribution in [2.24, 2.45) is 0 Å². The number of ether oxygens (including phenoxy) is 2. The normalized spacial score (nSPS) is 19.2. The summed E-state index contributed by atoms with van der Waals surface area (Å²) in [5, 5.41) is 9.61. The van der Waals surface area contributed by atoms with Crippen molar-refractivity contribution >= 4 is 6.09 Å². The molecule has 158 valence electrons. The molecule has 1 heterocycles. The van der Waals surface area contributed by atoms with Crippen molar-refractivity contribution < 1.29 is 19.4 Å². The molecule has 2 aliphatic rings. The van der Waals surface area contributed by atoms with Gasteiger partial charge in [-0.3, -0.25) is 4.90 Å². The lowest BCUT2D eigenvalue weighted by molar-refractivity contribution is -0.0484. The van der Waals surface area contributed by atoms with E-state index in [1.165, 1.54) is 22.3 Å². The van der Waals surface area contributed by atoms with Crippen molar-refractivity contribution in [1.82, 2.24) is 4.90 Å². The number of benzene rings is 3. The smallest absolute Gasteiger partial charge is 0.412 e. The van der Waals surface area contributed by atoms with E-state index < -0.39 is 11.8 Å². The van der Waals surface area contributed by atoms with E-state index in [1.807, 2.05) is 50.2 Å². The summed E-state index contributed by atoms with van der Waals surface area (Å²) < 4.78 is 11.8. The lowest BCUT2D eigenvalue weighted by atomic mass is 9.98. The molecule has 0 radical (unpaired) electrons. The Morgan fingerprint density at radius 2 is 1.58 bits per heavy atom. The van der Waals surface area contributed by atoms with Crippen LogP contribution in [0.25, 0.3) is 11.1 Å². The van der Waals surface area contributed by atoms with Crippen LogP contribution in [0.5, 0.6) is 5.75 Å². The Bertz CT molecular complexity index is 1080. The first-order chi connectivity index (χ1) is 15.0. The Morgan fingerprint density at radius 3 is 2.19 bits per heavy atom. The lowest BCUT2D eigenvalue weighted by Gasteiger charge is -2.33. The maximum absolute atomic E-state index is 13.3. The molecule has 3 aromatic carbocycles. The van der Waals surface area contributed by atoms with E-state index in [0.29, 0.717) is 6.61 Å². The van der Waals surface area contributed by atoms with Crippen LogP contribution in [-0.2, 0) is 9.47 Å². The molecule has 1 fully saturated rings. The number of phenolic OH excluding ortho intramolecular Hbond substituents is 1. The summed E-state index contributed by atoms with van der Waals surface area (Å²) in [5.41, 5.74) is 4.88. The first-order valence-electron chi connectivity index (χ1n) is 10.5. The first kappa shape index (κ1) is 19.6. The van der Waals surface area contributed by atoms with Crippen LogP contribution in [0.15, 0.2) is 72.8 Å². The molecule has 5 heteroatoms. The molecule has 1 aliphatic heterocycles. The summed E-state index contributed by atoms with van der Waals surface area (Å²) in [6.45, 7) is 4.38. The van der Waals surface area contributed by atoms with Gasteiger partial charge in [-0.2, -0.15) is 0 Å². The van der Waals surface area contributed by atoms with Gasteiger partial charge in [0, 0.05) is 5.92 Å². The van der Waals surface area contributed by atoms with Crippen LogP contribution < -0.4 is 0 Å². The average Bonchev–Trinajstić information content (AvgIpc) is 3.27. The van der Waals surface area contributed by atoms with E-state index in [2.05, 4.69) is 24.3 Å². The van der Waals surface area contributed by atoms with Gasteiger partial charge in [-0.25, -0.2) is 4.79 Å². The van der Waals surface area contributed by atoms with E-state index in [4.69, 9.17) is 9.47 Å². The molecule has 1 amide bonds. The Kier molecular flexibility index (Phi) is 4.71. The van der Waals surface area contributed by atoms with Gasteiger partial charge in [0.25, 0.3) is 0 Å². The molecule has 0 bridgehead atoms. The number of hydrogen-bond donors (Lipinski definition) is 1. The largest absolute Gasteiger partial charge is 0.508 e. The lowest BCUT2D eigenvalue weighted by Crippen LogP contribution is -2.45. The second-order valence-corrected chi connectivity index (χ2v) is 8.54. The van der Waals surface area contributed by atoms with Crippen molar-refractivity contribution in [1.29, 1.82) is 0 Å². The van der Waals surface area contributed by atoms with Crippen molar-refractivity contribution in [3.8, 4) is 16.9 Å². The number of amides is 1. The molecule has 0 spiro atoms. The predicted octanol–water partition coefficient (Wildman–Crippen LogP) is 5.45. The zero-order valence-electron chi connectivity index (χ0n) is 17.6. The molecule has 3 aromatic rings. The number of fused-ring (bicyclic) bond motifs is 3. The van der Waals surface area contributed by atoms with Gasteiger partial charge in [0.1, 0.15) is 18.1 Å². The van der Waals surface area contributed by atoms with Crippen molar-refractivity contribution in [3.05, 3.63) is 89.5 Å². The molecule has 1 atom stereocenters. The summed E-state index contributed by atoms with van der Waals surface area (Å²) in [4.78, 5) is 14.9. The highest BCUT2D eigenvalue weighted by Crippen LogP contribution is 2.45. The number of carbonyl (C=O) groups is 1. The highest BCUT2D eigenvalue weighted by Gasteiger charge is 2.45. The van der Waals surface area contributed by atoms with Gasteiger partial charge < -0.3 is 14.6 Å². The highest BCUT2D eigenvalue weighted by atomic mass is 16.6. The first-order valence-corrected chi connectivity index (χ1v) is 10.5. The Morgan fingerprint density at radius 1 is 1.00 bits per heavy atom. The minimum Gasteiger partial charge on any atom is -0.508 e. The predicted molar refractivity (Wildman–Crippen MR) is 118 cm³/mol. The Labute approximate surface area is 181 Å². The zero-order valence-corrected chi connectivity index (χ0v) is 17.6. The fourth-order valence-corrected chi connectivity index (χ4v) is 4.75. The van der Waals surface area contributed by atoms with Crippen molar-refractivity contribution in [2.75, 3.05) is 13.2 Å². The van der Waals surface area contributed by atoms with Gasteiger partial charge >= 0.3 is 6.09 Å². The number of aromatic hydroxyl groups is 1. The minimum absolute atomic E-state index is 0.00936. The molecule has 31 heavy (non-hydrogen) atoms. The summed E-state index contributed by atoms with van der Waals surface area (Å²) in [6, 6.07) is 23.2. The maximum atomic E-state index is 13.3. The van der Waals surface area contributed by atoms with E-state index >= 15 is 0 Å². The average molecular weight is 415 g/mol. The number of rotatable bonds is 3. The Balaban J connectivity index is 1.39. The third kappa shape index (κ3) is 3.35. The topological polar surface area (TPSA) is 59.0 Å². The molecule has 0 unspecified atom stereocenters. The fraction of sp³-hybridized carbons (Fsp3) is 0.269. The van der Waals surface area contributed by atoms with E-state index in [1.54, 1.807) is 17.0 Å². The third-order valence-corrected chi connectivity index (χ3v) is 6.30. The minimum atomic E-state index is -0.787. The molecular formula is C26H25NO4. The van der Waals surface area contributed by atoms with E-state index in [0.717, 1.165) is 5.56 Å². The quantitative estimate of drug-likeness (QED) is 0.618. The maximum Gasteiger partial charge on any atom is 0.412 e. The second-order valence-electron chi connectivity index (χ2n) is 8.54. The summed E-state index contributed by atoms with van der Waals surface area (Å²) >= 11 is 0. The van der Waals surface area contributed by atoms with Crippen LogP contribution in [0.4, 0.5) is 4.79 Å². The van der Waals surface area contributed by atoms with Crippen LogP contribution >= 0.6 is 0 Å². The van der Waals surface area contributed by atoms with Crippen LogP contribution in [0.1, 0.15) is 42.5 Å². The number of phenols is 1. The molecule has 5 rings (SSSR count). The Hall–Kier alpha value is -3.31. The standard InChI is InChI=1S/C26H25NO4/c1-26(2)27(24(16-31-26)17-11-13-18(28)14-12-17)25(29)30-15-23-21-9-5-3-7-19(21)20-8-4-6-10-22(20)23/h3-14,23-24,28H,15-16H2,1-2H3/t24-/m0/s1. The molecule has 1 N–H and O–H groups in total.